The van der Waals surface area contributed by atoms with E-state index in [0.29, 0.717) is 0 Å². The molecule has 3 nitrogen and oxygen atoms in total. The lowest BCUT2D eigenvalue weighted by Crippen LogP contribution is -2.48. The molecule has 2 aromatic rings. The molecule has 6 heteroatoms. The molecule has 0 aliphatic heterocycles. The number of nitrogens with one attached hydrogen (secondary N) is 1. The standard InChI is InChI=1S/C22H23ClFNO2S/c23-18-3-6-20(24)21(10-18)25-28(26,27)19-4-1-17(2-5-19)22-11-14-7-15(12-22)9-16(8-14)13-22/h1-6,10,14-16,25H,7-9,11-13H2. The first-order valence-corrected chi connectivity index (χ1v) is 11.8. The first kappa shape index (κ1) is 18.4. The minimum absolute atomic E-state index is 0.139. The van der Waals surface area contributed by atoms with Crippen LogP contribution in [-0.2, 0) is 15.4 Å². The first-order chi connectivity index (χ1) is 13.3. The van der Waals surface area contributed by atoms with Crippen LogP contribution in [0.15, 0.2) is 47.4 Å². The van der Waals surface area contributed by atoms with Gasteiger partial charge in [-0.3, -0.25) is 4.72 Å². The largest absolute Gasteiger partial charge is 0.277 e. The summed E-state index contributed by atoms with van der Waals surface area (Å²) < 4.78 is 41.6. The van der Waals surface area contributed by atoms with Gasteiger partial charge in [-0.25, -0.2) is 12.8 Å². The fraction of sp³-hybridized carbons (Fsp3) is 0.455. The summed E-state index contributed by atoms with van der Waals surface area (Å²) in [7, 11) is -3.87. The molecule has 6 rings (SSSR count). The Hall–Kier alpha value is -1.59. The van der Waals surface area contributed by atoms with Gasteiger partial charge in [0.1, 0.15) is 5.82 Å². The molecule has 0 amide bonds. The third-order valence-corrected chi connectivity index (χ3v) is 8.60. The SMILES string of the molecule is O=S(=O)(Nc1cc(Cl)ccc1F)c1ccc(C23CC4CC(CC(C4)C2)C3)cc1. The van der Waals surface area contributed by atoms with Gasteiger partial charge in [-0.2, -0.15) is 0 Å². The van der Waals surface area contributed by atoms with Crippen LogP contribution in [0.5, 0.6) is 0 Å². The summed E-state index contributed by atoms with van der Waals surface area (Å²) in [5.41, 5.74) is 1.35. The Morgan fingerprint density at radius 3 is 2.07 bits per heavy atom. The van der Waals surface area contributed by atoms with Crippen LogP contribution in [0.3, 0.4) is 0 Å². The molecule has 4 bridgehead atoms. The summed E-state index contributed by atoms with van der Waals surface area (Å²) in [4.78, 5) is 0.139. The Morgan fingerprint density at radius 1 is 0.929 bits per heavy atom. The molecule has 4 aliphatic carbocycles. The number of hydrogen-bond acceptors (Lipinski definition) is 2. The van der Waals surface area contributed by atoms with Crippen molar-refractivity contribution in [1.29, 1.82) is 0 Å². The van der Waals surface area contributed by atoms with Gasteiger partial charge in [0.25, 0.3) is 10.0 Å². The van der Waals surface area contributed by atoms with E-state index in [0.717, 1.165) is 23.8 Å². The van der Waals surface area contributed by atoms with Crippen LogP contribution in [0.1, 0.15) is 44.1 Å². The van der Waals surface area contributed by atoms with E-state index >= 15 is 0 Å². The van der Waals surface area contributed by atoms with Crippen molar-refractivity contribution in [1.82, 2.24) is 0 Å². The van der Waals surface area contributed by atoms with Crippen molar-refractivity contribution in [2.75, 3.05) is 4.72 Å². The van der Waals surface area contributed by atoms with Crippen LogP contribution in [0.25, 0.3) is 0 Å². The van der Waals surface area contributed by atoms with Crippen molar-refractivity contribution in [2.24, 2.45) is 17.8 Å². The molecule has 0 atom stereocenters. The lowest BCUT2D eigenvalue weighted by molar-refractivity contribution is -0.00521. The first-order valence-electron chi connectivity index (χ1n) is 9.91. The lowest BCUT2D eigenvalue weighted by atomic mass is 9.48. The molecular formula is C22H23ClFNO2S. The van der Waals surface area contributed by atoms with E-state index in [9.17, 15) is 12.8 Å². The highest BCUT2D eigenvalue weighted by molar-refractivity contribution is 7.92. The van der Waals surface area contributed by atoms with Crippen molar-refractivity contribution >= 4 is 27.3 Å². The topological polar surface area (TPSA) is 46.2 Å². The highest BCUT2D eigenvalue weighted by Crippen LogP contribution is 2.60. The molecular weight excluding hydrogens is 397 g/mol. The maximum absolute atomic E-state index is 13.9. The molecule has 2 aromatic carbocycles. The van der Waals surface area contributed by atoms with E-state index in [2.05, 4.69) is 4.72 Å². The van der Waals surface area contributed by atoms with Crippen LogP contribution >= 0.6 is 11.6 Å². The summed E-state index contributed by atoms with van der Waals surface area (Å²) >= 11 is 5.86. The van der Waals surface area contributed by atoms with Gasteiger partial charge in [0.05, 0.1) is 10.6 Å². The van der Waals surface area contributed by atoms with Crippen molar-refractivity contribution in [3.8, 4) is 0 Å². The lowest BCUT2D eigenvalue weighted by Gasteiger charge is -2.57. The highest BCUT2D eigenvalue weighted by atomic mass is 35.5. The van der Waals surface area contributed by atoms with Gasteiger partial charge < -0.3 is 0 Å². The Morgan fingerprint density at radius 2 is 1.50 bits per heavy atom. The van der Waals surface area contributed by atoms with Gasteiger partial charge in [-0.05, 0) is 97.6 Å². The van der Waals surface area contributed by atoms with Crippen LogP contribution in [0.2, 0.25) is 5.02 Å². The fourth-order valence-electron chi connectivity index (χ4n) is 6.23. The molecule has 4 fully saturated rings. The van der Waals surface area contributed by atoms with Crippen LogP contribution in [0, 0.1) is 23.6 Å². The minimum atomic E-state index is -3.87. The van der Waals surface area contributed by atoms with E-state index in [1.165, 1.54) is 56.2 Å². The monoisotopic (exact) mass is 419 g/mol. The van der Waals surface area contributed by atoms with E-state index in [4.69, 9.17) is 11.6 Å². The van der Waals surface area contributed by atoms with Crippen LogP contribution in [-0.4, -0.2) is 8.42 Å². The number of sulfonamides is 1. The normalized spacial score (nSPS) is 31.1. The molecule has 148 valence electrons. The second-order valence-corrected chi connectivity index (χ2v) is 11.1. The predicted molar refractivity (Wildman–Crippen MR) is 109 cm³/mol. The van der Waals surface area contributed by atoms with E-state index < -0.39 is 15.8 Å². The second kappa shape index (κ2) is 6.46. The smallest absolute Gasteiger partial charge is 0.261 e. The Labute approximate surface area is 170 Å². The quantitative estimate of drug-likeness (QED) is 0.686. The van der Waals surface area contributed by atoms with Crippen molar-refractivity contribution in [3.63, 3.8) is 0 Å². The van der Waals surface area contributed by atoms with E-state index in [1.54, 1.807) is 12.1 Å². The zero-order valence-electron chi connectivity index (χ0n) is 15.5. The van der Waals surface area contributed by atoms with Crippen molar-refractivity contribution in [2.45, 2.75) is 48.8 Å². The average molecular weight is 420 g/mol. The average Bonchev–Trinajstić information content (AvgIpc) is 2.64. The van der Waals surface area contributed by atoms with Crippen molar-refractivity contribution in [3.05, 3.63) is 58.9 Å². The summed E-state index contributed by atoms with van der Waals surface area (Å²) in [5, 5.41) is 0.274. The van der Waals surface area contributed by atoms with Gasteiger partial charge in [0.2, 0.25) is 0 Å². The highest BCUT2D eigenvalue weighted by Gasteiger charge is 2.51. The molecule has 28 heavy (non-hydrogen) atoms. The third-order valence-electron chi connectivity index (χ3n) is 6.99. The van der Waals surface area contributed by atoms with Crippen LogP contribution in [0.4, 0.5) is 10.1 Å². The number of benzene rings is 2. The molecule has 0 aromatic heterocycles. The zero-order chi connectivity index (χ0) is 19.5. The maximum atomic E-state index is 13.9. The number of halogens is 2. The van der Waals surface area contributed by atoms with Crippen molar-refractivity contribution < 1.29 is 12.8 Å². The molecule has 4 saturated carbocycles. The fourth-order valence-corrected chi connectivity index (χ4v) is 7.46. The summed E-state index contributed by atoms with van der Waals surface area (Å²) in [6.07, 6.45) is 7.83. The van der Waals surface area contributed by atoms with Gasteiger partial charge in [0, 0.05) is 5.02 Å². The molecule has 0 heterocycles. The maximum Gasteiger partial charge on any atom is 0.261 e. The second-order valence-electron chi connectivity index (χ2n) is 8.95. The summed E-state index contributed by atoms with van der Waals surface area (Å²) in [6.45, 7) is 0. The van der Waals surface area contributed by atoms with Gasteiger partial charge in [-0.1, -0.05) is 23.7 Å². The molecule has 0 unspecified atom stereocenters. The number of hydrogen-bond donors (Lipinski definition) is 1. The Kier molecular flexibility index (Phi) is 4.25. The Balaban J connectivity index is 1.41. The molecule has 0 radical (unpaired) electrons. The molecule has 0 spiro atoms. The number of rotatable bonds is 4. The summed E-state index contributed by atoms with van der Waals surface area (Å²) in [6, 6.07) is 11.0. The zero-order valence-corrected chi connectivity index (χ0v) is 17.1. The molecule has 4 aliphatic rings. The minimum Gasteiger partial charge on any atom is -0.277 e. The number of anilines is 1. The van der Waals surface area contributed by atoms with Gasteiger partial charge >= 0.3 is 0 Å². The van der Waals surface area contributed by atoms with Gasteiger partial charge in [-0.15, -0.1) is 0 Å². The molecule has 0 saturated heterocycles. The summed E-state index contributed by atoms with van der Waals surface area (Å²) in [5.74, 6) is 1.85. The van der Waals surface area contributed by atoms with Gasteiger partial charge in [0.15, 0.2) is 0 Å². The predicted octanol–water partition coefficient (Wildman–Crippen LogP) is 5.75. The third kappa shape index (κ3) is 3.13. The molecule has 1 N–H and O–H groups in total. The Bertz CT molecular complexity index is 984. The van der Waals surface area contributed by atoms with Crippen LogP contribution < -0.4 is 4.72 Å². The van der Waals surface area contributed by atoms with E-state index in [-0.39, 0.29) is 21.0 Å². The van der Waals surface area contributed by atoms with E-state index in [1.807, 2.05) is 12.1 Å².